The van der Waals surface area contributed by atoms with Crippen LogP contribution in [0.4, 0.5) is 8.78 Å². The molecule has 4 nitrogen and oxygen atoms in total. The topological polar surface area (TPSA) is 40.6 Å². The molecule has 2 aliphatic heterocycles. The molecule has 1 unspecified atom stereocenters. The molecule has 0 bridgehead atoms. The first-order chi connectivity index (χ1) is 18.9. The van der Waals surface area contributed by atoms with Gasteiger partial charge in [0, 0.05) is 43.5 Å². The molecule has 212 valence electrons. The Morgan fingerprint density at radius 3 is 2.08 bits per heavy atom. The van der Waals surface area contributed by atoms with Gasteiger partial charge in [0.15, 0.2) is 9.84 Å². The van der Waals surface area contributed by atoms with Gasteiger partial charge in [0.1, 0.15) is 11.6 Å². The minimum Gasteiger partial charge on any atom is -0.299 e. The maximum absolute atomic E-state index is 14.0. The molecule has 0 aliphatic carbocycles. The summed E-state index contributed by atoms with van der Waals surface area (Å²) in [6, 6.07) is 19.1. The zero-order valence-corrected chi connectivity index (χ0v) is 24.7. The van der Waals surface area contributed by atoms with Gasteiger partial charge in [0.05, 0.1) is 10.9 Å². The van der Waals surface area contributed by atoms with Crippen LogP contribution in [0.1, 0.15) is 55.0 Å². The molecule has 2 fully saturated rings. The third-order valence-corrected chi connectivity index (χ3v) is 9.35. The number of benzene rings is 3. The Labute approximate surface area is 241 Å². The minimum absolute atomic E-state index is 0.00295. The summed E-state index contributed by atoms with van der Waals surface area (Å²) in [4.78, 5) is 4.68. The van der Waals surface area contributed by atoms with E-state index in [1.165, 1.54) is 18.4 Å². The highest BCUT2D eigenvalue weighted by atomic mass is 35.5. The first-order valence-corrected chi connectivity index (χ1v) is 15.8. The van der Waals surface area contributed by atoms with E-state index in [1.807, 2.05) is 24.3 Å². The monoisotopic (exact) mass is 584 g/mol. The van der Waals surface area contributed by atoms with E-state index >= 15 is 0 Å². The maximum atomic E-state index is 14.0. The lowest BCUT2D eigenvalue weighted by Crippen LogP contribution is -2.44. The molecule has 0 N–H and O–H groups in total. The number of piperidine rings is 1. The summed E-state index contributed by atoms with van der Waals surface area (Å²) in [5.41, 5.74) is 4.39. The lowest BCUT2D eigenvalue weighted by atomic mass is 9.84. The predicted molar refractivity (Wildman–Crippen MR) is 158 cm³/mol. The predicted octanol–water partition coefficient (Wildman–Crippen LogP) is 7.10. The average Bonchev–Trinajstić information content (AvgIpc) is 2.82. The fourth-order valence-corrected chi connectivity index (χ4v) is 7.46. The summed E-state index contributed by atoms with van der Waals surface area (Å²) in [5, 5.41) is 0.638. The highest BCUT2D eigenvalue weighted by Crippen LogP contribution is 2.39. The number of nitrogens with zero attached hydrogens (tertiary/aromatic N) is 2. The third kappa shape index (κ3) is 6.65. The molecule has 3 aromatic rings. The summed E-state index contributed by atoms with van der Waals surface area (Å²) in [7, 11) is -3.73. The Hall–Kier alpha value is -2.58. The Balaban J connectivity index is 1.43. The molecule has 2 heterocycles. The fraction of sp³-hybridized carbons (Fsp3) is 0.375. The van der Waals surface area contributed by atoms with E-state index in [2.05, 4.69) is 47.9 Å². The van der Waals surface area contributed by atoms with Crippen molar-refractivity contribution in [3.8, 4) is 0 Å². The van der Waals surface area contributed by atoms with E-state index in [-0.39, 0.29) is 16.5 Å². The SMILES string of the molecule is CC1(C)CCCN(Cc2ccc(C(c3ccc(Cl)cc3)N3CC(=C(c4cc(F)cc(F)c4)S(C)(=O)=O)C3)cc2)C1. The van der Waals surface area contributed by atoms with Crippen molar-refractivity contribution in [2.45, 2.75) is 39.3 Å². The summed E-state index contributed by atoms with van der Waals surface area (Å²) in [6.45, 7) is 8.48. The quantitative estimate of drug-likeness (QED) is 0.297. The highest BCUT2D eigenvalue weighted by Gasteiger charge is 2.35. The lowest BCUT2D eigenvalue weighted by molar-refractivity contribution is 0.111. The molecule has 2 saturated heterocycles. The Bertz CT molecular complexity index is 1490. The first-order valence-electron chi connectivity index (χ1n) is 13.6. The molecule has 5 rings (SSSR count). The van der Waals surface area contributed by atoms with Gasteiger partial charge in [-0.1, -0.05) is 61.8 Å². The number of likely N-dealkylation sites (tertiary alicyclic amines) is 2. The first kappa shape index (κ1) is 28.9. The van der Waals surface area contributed by atoms with Gasteiger partial charge in [-0.05, 0) is 76.9 Å². The molecule has 0 saturated carbocycles. The van der Waals surface area contributed by atoms with Gasteiger partial charge >= 0.3 is 0 Å². The third-order valence-electron chi connectivity index (χ3n) is 7.84. The van der Waals surface area contributed by atoms with Crippen molar-refractivity contribution >= 4 is 26.3 Å². The lowest BCUT2D eigenvalue weighted by Gasteiger charge is -2.42. The number of hydrogen-bond donors (Lipinski definition) is 0. The van der Waals surface area contributed by atoms with Crippen molar-refractivity contribution < 1.29 is 17.2 Å². The molecule has 3 aromatic carbocycles. The minimum atomic E-state index is -3.73. The van der Waals surface area contributed by atoms with Gasteiger partial charge in [-0.3, -0.25) is 9.80 Å². The zero-order chi connectivity index (χ0) is 28.7. The Morgan fingerprint density at radius 2 is 1.52 bits per heavy atom. The van der Waals surface area contributed by atoms with Crippen LogP contribution in [0.15, 0.2) is 72.3 Å². The van der Waals surface area contributed by atoms with E-state index in [0.717, 1.165) is 55.2 Å². The van der Waals surface area contributed by atoms with Gasteiger partial charge in [-0.2, -0.15) is 0 Å². The fourth-order valence-electron chi connectivity index (χ4n) is 6.14. The van der Waals surface area contributed by atoms with E-state index in [9.17, 15) is 17.2 Å². The molecule has 2 aliphatic rings. The van der Waals surface area contributed by atoms with Crippen LogP contribution >= 0.6 is 11.6 Å². The number of hydrogen-bond acceptors (Lipinski definition) is 4. The number of rotatable bonds is 7. The maximum Gasteiger partial charge on any atom is 0.176 e. The van der Waals surface area contributed by atoms with Crippen LogP contribution in [-0.4, -0.2) is 50.7 Å². The summed E-state index contributed by atoms with van der Waals surface area (Å²) < 4.78 is 53.4. The summed E-state index contributed by atoms with van der Waals surface area (Å²) in [5.74, 6) is -1.61. The standard InChI is InChI=1S/C32H35ClF2N2O2S/c1-32(2)13-4-14-36(21-32)18-22-5-7-23(8-6-22)30(24-9-11-27(33)12-10-24)37-19-26(20-37)31(40(3,38)39)25-15-28(34)17-29(35)16-25/h5-12,15-17,30H,4,13-14,18-21H2,1-3H3. The number of halogens is 3. The van der Waals surface area contributed by atoms with Gasteiger partial charge in [0.25, 0.3) is 0 Å². The largest absolute Gasteiger partial charge is 0.299 e. The molecular formula is C32H35ClF2N2O2S. The van der Waals surface area contributed by atoms with Crippen LogP contribution in [0.2, 0.25) is 5.02 Å². The second-order valence-electron chi connectivity index (χ2n) is 11.9. The molecule has 0 spiro atoms. The Kier molecular flexibility index (Phi) is 8.22. The smallest absolute Gasteiger partial charge is 0.176 e. The van der Waals surface area contributed by atoms with Crippen LogP contribution in [0.5, 0.6) is 0 Å². The van der Waals surface area contributed by atoms with Crippen molar-refractivity contribution in [2.24, 2.45) is 5.41 Å². The van der Waals surface area contributed by atoms with Crippen LogP contribution in [-0.2, 0) is 16.4 Å². The van der Waals surface area contributed by atoms with Crippen molar-refractivity contribution in [2.75, 3.05) is 32.4 Å². The van der Waals surface area contributed by atoms with Crippen LogP contribution in [0, 0.1) is 17.0 Å². The van der Waals surface area contributed by atoms with Gasteiger partial charge in [-0.15, -0.1) is 0 Å². The van der Waals surface area contributed by atoms with E-state index in [0.29, 0.717) is 29.1 Å². The van der Waals surface area contributed by atoms with Crippen LogP contribution in [0.25, 0.3) is 4.91 Å². The van der Waals surface area contributed by atoms with Gasteiger partial charge in [-0.25, -0.2) is 17.2 Å². The van der Waals surface area contributed by atoms with Crippen molar-refractivity contribution in [3.05, 3.63) is 111 Å². The second kappa shape index (κ2) is 11.4. The van der Waals surface area contributed by atoms with Crippen LogP contribution in [0.3, 0.4) is 0 Å². The normalized spacial score (nSPS) is 18.8. The second-order valence-corrected chi connectivity index (χ2v) is 14.3. The van der Waals surface area contributed by atoms with E-state index in [4.69, 9.17) is 11.6 Å². The van der Waals surface area contributed by atoms with Crippen molar-refractivity contribution in [1.82, 2.24) is 9.80 Å². The van der Waals surface area contributed by atoms with Crippen molar-refractivity contribution in [1.29, 1.82) is 0 Å². The average molecular weight is 585 g/mol. The molecule has 0 radical (unpaired) electrons. The Morgan fingerprint density at radius 1 is 0.950 bits per heavy atom. The molecule has 40 heavy (non-hydrogen) atoms. The summed E-state index contributed by atoms with van der Waals surface area (Å²) in [6.07, 6.45) is 3.55. The van der Waals surface area contributed by atoms with E-state index < -0.39 is 21.5 Å². The molecular weight excluding hydrogens is 550 g/mol. The zero-order valence-electron chi connectivity index (χ0n) is 23.1. The van der Waals surface area contributed by atoms with Crippen molar-refractivity contribution in [3.63, 3.8) is 0 Å². The molecule has 0 aromatic heterocycles. The van der Waals surface area contributed by atoms with Crippen LogP contribution < -0.4 is 0 Å². The molecule has 0 amide bonds. The van der Waals surface area contributed by atoms with Gasteiger partial charge in [0.2, 0.25) is 0 Å². The summed E-state index contributed by atoms with van der Waals surface area (Å²) >= 11 is 6.18. The highest BCUT2D eigenvalue weighted by molar-refractivity contribution is 8.00. The molecule has 8 heteroatoms. The van der Waals surface area contributed by atoms with E-state index in [1.54, 1.807) is 0 Å². The number of sulfone groups is 1. The molecule has 1 atom stereocenters. The van der Waals surface area contributed by atoms with Gasteiger partial charge < -0.3 is 0 Å².